The van der Waals surface area contributed by atoms with Gasteiger partial charge in [-0.05, 0) is 21.6 Å². The van der Waals surface area contributed by atoms with Crippen molar-refractivity contribution in [2.24, 2.45) is 0 Å². The minimum absolute atomic E-state index is 0.121. The standard InChI is InChI=1S/2C8H2N6O2.C6H4S4/c2*9-1-3-4(2-10)12-6-5(11-3)7(15)14-8(16)13-6;1-2-8-5(7-1)6-9-3-4-10-6/h2*(H2,12,13,14,15,16);1-4H. The van der Waals surface area contributed by atoms with Crippen LogP contribution < -0.4 is 22.5 Å². The van der Waals surface area contributed by atoms with Gasteiger partial charge in [-0.25, -0.2) is 29.5 Å². The summed E-state index contributed by atoms with van der Waals surface area (Å²) < 4.78 is 2.86. The zero-order valence-corrected chi connectivity index (χ0v) is 23.4. The highest BCUT2D eigenvalue weighted by molar-refractivity contribution is 8.33. The fraction of sp³-hybridized carbons (Fsp3) is 0. The summed E-state index contributed by atoms with van der Waals surface area (Å²) in [5.74, 6) is 0. The smallest absolute Gasteiger partial charge is 0.290 e. The van der Waals surface area contributed by atoms with Crippen molar-refractivity contribution in [1.82, 2.24) is 39.9 Å². The van der Waals surface area contributed by atoms with Gasteiger partial charge in [-0.2, -0.15) is 21.0 Å². The predicted octanol–water partition coefficient (Wildman–Crippen LogP) is 1.51. The number of nitrogens with zero attached hydrogens (tertiary/aromatic N) is 8. The fourth-order valence-corrected chi connectivity index (χ4v) is 6.92. The Bertz CT molecular complexity index is 2080. The summed E-state index contributed by atoms with van der Waals surface area (Å²) in [6.45, 7) is 0. The molecule has 0 atom stereocenters. The maximum atomic E-state index is 11.3. The Morgan fingerprint density at radius 1 is 0.500 bits per heavy atom. The average Bonchev–Trinajstić information content (AvgIpc) is 3.71. The molecule has 6 rings (SSSR count). The van der Waals surface area contributed by atoms with Gasteiger partial charge in [0.05, 0.1) is 8.47 Å². The van der Waals surface area contributed by atoms with Gasteiger partial charge in [0.25, 0.3) is 11.1 Å². The highest BCUT2D eigenvalue weighted by atomic mass is 32.2. The Morgan fingerprint density at radius 2 is 0.810 bits per heavy atom. The van der Waals surface area contributed by atoms with Crippen LogP contribution in [0.1, 0.15) is 22.8 Å². The number of hydrogen-bond donors (Lipinski definition) is 4. The van der Waals surface area contributed by atoms with E-state index in [1.165, 1.54) is 8.47 Å². The molecule has 16 nitrogen and oxygen atoms in total. The van der Waals surface area contributed by atoms with Crippen molar-refractivity contribution in [2.75, 3.05) is 0 Å². The molecule has 4 aromatic rings. The van der Waals surface area contributed by atoms with Crippen molar-refractivity contribution in [3.05, 3.63) is 94.6 Å². The van der Waals surface area contributed by atoms with Gasteiger partial charge in [0.15, 0.2) is 45.1 Å². The molecular weight excluding hydrogens is 625 g/mol. The third kappa shape index (κ3) is 6.67. The first kappa shape index (κ1) is 29.6. The molecule has 2 aliphatic heterocycles. The Labute approximate surface area is 248 Å². The first-order valence-corrected chi connectivity index (χ1v) is 14.2. The van der Waals surface area contributed by atoms with E-state index in [2.05, 4.69) is 51.5 Å². The molecule has 20 heteroatoms. The summed E-state index contributed by atoms with van der Waals surface area (Å²) in [4.78, 5) is 67.4. The number of nitriles is 4. The van der Waals surface area contributed by atoms with Gasteiger partial charge < -0.3 is 0 Å². The van der Waals surface area contributed by atoms with Crippen LogP contribution in [-0.2, 0) is 0 Å². The second-order valence-corrected chi connectivity index (χ2v) is 11.3. The van der Waals surface area contributed by atoms with E-state index >= 15 is 0 Å². The molecular formula is C22H8N12O4S4. The van der Waals surface area contributed by atoms with Gasteiger partial charge in [0, 0.05) is 0 Å². The van der Waals surface area contributed by atoms with E-state index in [-0.39, 0.29) is 45.1 Å². The Hall–Kier alpha value is -5.38. The summed E-state index contributed by atoms with van der Waals surface area (Å²) in [6.07, 6.45) is 0. The number of aromatic nitrogens is 8. The molecule has 0 aromatic carbocycles. The lowest BCUT2D eigenvalue weighted by molar-refractivity contribution is 1.03. The normalized spacial score (nSPS) is 12.9. The zero-order valence-electron chi connectivity index (χ0n) is 20.2. The molecule has 0 saturated carbocycles. The molecule has 4 aromatic heterocycles. The van der Waals surface area contributed by atoms with Gasteiger partial charge in [-0.1, -0.05) is 47.0 Å². The van der Waals surface area contributed by atoms with Crippen molar-refractivity contribution in [3.63, 3.8) is 0 Å². The molecule has 0 spiro atoms. The molecule has 0 amide bonds. The topological polar surface area (TPSA) is 278 Å². The third-order valence-corrected chi connectivity index (χ3v) is 9.32. The molecule has 4 N–H and O–H groups in total. The second kappa shape index (κ2) is 13.3. The van der Waals surface area contributed by atoms with Crippen LogP contribution >= 0.6 is 47.0 Å². The second-order valence-electron chi connectivity index (χ2n) is 7.09. The molecule has 0 radical (unpaired) electrons. The number of hydrogen-bond acceptors (Lipinski definition) is 16. The highest BCUT2D eigenvalue weighted by Crippen LogP contribution is 2.50. The summed E-state index contributed by atoms with van der Waals surface area (Å²) in [5.41, 5.74) is -4.62. The molecule has 2 aliphatic rings. The van der Waals surface area contributed by atoms with Crippen LogP contribution in [0.2, 0.25) is 0 Å². The summed E-state index contributed by atoms with van der Waals surface area (Å²) in [5, 5.41) is 43.2. The molecule has 204 valence electrons. The minimum Gasteiger partial charge on any atom is -0.290 e. The quantitative estimate of drug-likeness (QED) is 0.214. The van der Waals surface area contributed by atoms with Crippen LogP contribution in [0.25, 0.3) is 22.3 Å². The van der Waals surface area contributed by atoms with E-state index in [1.807, 2.05) is 57.0 Å². The highest BCUT2D eigenvalue weighted by Gasteiger charge is 2.13. The zero-order chi connectivity index (χ0) is 30.2. The van der Waals surface area contributed by atoms with Crippen molar-refractivity contribution in [3.8, 4) is 24.3 Å². The van der Waals surface area contributed by atoms with Crippen LogP contribution in [0.4, 0.5) is 0 Å². The van der Waals surface area contributed by atoms with E-state index in [0.717, 1.165) is 0 Å². The summed E-state index contributed by atoms with van der Waals surface area (Å²) >= 11 is 7.28. The van der Waals surface area contributed by atoms with Gasteiger partial charge >= 0.3 is 11.4 Å². The maximum Gasteiger partial charge on any atom is 0.327 e. The largest absolute Gasteiger partial charge is 0.327 e. The molecule has 0 aliphatic carbocycles. The number of nitrogens with one attached hydrogen (secondary N) is 4. The average molecular weight is 633 g/mol. The first-order valence-electron chi connectivity index (χ1n) is 10.7. The van der Waals surface area contributed by atoms with E-state index in [4.69, 9.17) is 21.0 Å². The SMILES string of the molecule is C1=CSC(=C2SC=CS2)S1.N#Cc1nc2[nH]c(=O)[nH]c(=O)c2nc1C#N.N#Cc1nc2[nH]c(=O)[nH]c(=O)c2nc1C#N. The summed E-state index contributed by atoms with van der Waals surface area (Å²) in [6, 6.07) is 6.57. The lowest BCUT2D eigenvalue weighted by Gasteiger charge is -1.97. The molecule has 0 unspecified atom stereocenters. The number of rotatable bonds is 0. The van der Waals surface area contributed by atoms with Crippen LogP contribution in [0.15, 0.2) is 49.3 Å². The van der Waals surface area contributed by atoms with Gasteiger partial charge in [0.1, 0.15) is 24.3 Å². The monoisotopic (exact) mass is 632 g/mol. The molecule has 0 bridgehead atoms. The predicted molar refractivity (Wildman–Crippen MR) is 156 cm³/mol. The lowest BCUT2D eigenvalue weighted by Crippen LogP contribution is -2.23. The molecule has 6 heterocycles. The van der Waals surface area contributed by atoms with Crippen molar-refractivity contribution in [1.29, 1.82) is 21.0 Å². The Morgan fingerprint density at radius 3 is 1.12 bits per heavy atom. The van der Waals surface area contributed by atoms with E-state index in [0.29, 0.717) is 0 Å². The fourth-order valence-electron chi connectivity index (χ4n) is 2.88. The van der Waals surface area contributed by atoms with Crippen LogP contribution in [0.5, 0.6) is 0 Å². The van der Waals surface area contributed by atoms with Crippen LogP contribution in [0, 0.1) is 45.3 Å². The van der Waals surface area contributed by atoms with Gasteiger partial charge in [-0.3, -0.25) is 29.5 Å². The number of aromatic amines is 4. The van der Waals surface area contributed by atoms with Crippen molar-refractivity contribution in [2.45, 2.75) is 0 Å². The van der Waals surface area contributed by atoms with E-state index < -0.39 is 22.5 Å². The lowest BCUT2D eigenvalue weighted by atomic mass is 10.3. The Kier molecular flexibility index (Phi) is 9.39. The maximum absolute atomic E-state index is 11.3. The van der Waals surface area contributed by atoms with Gasteiger partial charge in [0.2, 0.25) is 0 Å². The number of thioether (sulfide) groups is 4. The van der Waals surface area contributed by atoms with E-state index in [9.17, 15) is 19.2 Å². The molecule has 0 fully saturated rings. The number of H-pyrrole nitrogens is 4. The molecule has 0 saturated heterocycles. The van der Waals surface area contributed by atoms with Crippen LogP contribution in [0.3, 0.4) is 0 Å². The third-order valence-electron chi connectivity index (χ3n) is 4.54. The van der Waals surface area contributed by atoms with Crippen molar-refractivity contribution < 1.29 is 0 Å². The first-order chi connectivity index (χ1) is 20.3. The van der Waals surface area contributed by atoms with Gasteiger partial charge in [-0.15, -0.1) is 0 Å². The Balaban J connectivity index is 0.000000149. The van der Waals surface area contributed by atoms with Crippen molar-refractivity contribution >= 4 is 69.4 Å². The minimum atomic E-state index is -0.757. The number of fused-ring (bicyclic) bond motifs is 2. The molecule has 42 heavy (non-hydrogen) atoms. The summed E-state index contributed by atoms with van der Waals surface area (Å²) in [7, 11) is 0. The van der Waals surface area contributed by atoms with E-state index in [1.54, 1.807) is 24.3 Å². The van der Waals surface area contributed by atoms with Crippen LogP contribution in [-0.4, -0.2) is 39.9 Å².